The van der Waals surface area contributed by atoms with Gasteiger partial charge >= 0.3 is 5.97 Å². The van der Waals surface area contributed by atoms with Crippen molar-refractivity contribution in [1.29, 1.82) is 0 Å². The van der Waals surface area contributed by atoms with Crippen LogP contribution in [0.5, 0.6) is 5.75 Å². The van der Waals surface area contributed by atoms with Gasteiger partial charge in [-0.2, -0.15) is 0 Å². The fraction of sp³-hybridized carbons (Fsp3) is 0.500. The summed E-state index contributed by atoms with van der Waals surface area (Å²) in [5.41, 5.74) is 4.74. The molecule has 4 nitrogen and oxygen atoms in total. The van der Waals surface area contributed by atoms with E-state index in [4.69, 9.17) is 10.5 Å². The monoisotopic (exact) mass is 251 g/mol. The highest BCUT2D eigenvalue weighted by molar-refractivity contribution is 5.75. The van der Waals surface area contributed by atoms with Gasteiger partial charge in [0.2, 0.25) is 0 Å². The lowest BCUT2D eigenvalue weighted by atomic mass is 9.75. The molecule has 0 aliphatic rings. The molecule has 3 N–H and O–H groups in total. The SMILES string of the molecule is CC(C)C(CN)(CCOc1ccccc1)C(=O)O. The number of rotatable bonds is 7. The fourth-order valence-corrected chi connectivity index (χ4v) is 1.94. The molecule has 0 fully saturated rings. The maximum atomic E-state index is 11.4. The van der Waals surface area contributed by atoms with Gasteiger partial charge in [-0.25, -0.2) is 0 Å². The minimum atomic E-state index is -0.908. The van der Waals surface area contributed by atoms with Crippen molar-refractivity contribution in [3.05, 3.63) is 30.3 Å². The minimum Gasteiger partial charge on any atom is -0.494 e. The Morgan fingerprint density at radius 2 is 2.00 bits per heavy atom. The molecule has 0 aliphatic heterocycles. The molecule has 4 heteroatoms. The number of carboxylic acid groups (broad SMARTS) is 1. The van der Waals surface area contributed by atoms with E-state index in [1.165, 1.54) is 0 Å². The summed E-state index contributed by atoms with van der Waals surface area (Å²) in [6, 6.07) is 9.36. The van der Waals surface area contributed by atoms with Crippen LogP contribution in [0.25, 0.3) is 0 Å². The Bertz CT molecular complexity index is 378. The van der Waals surface area contributed by atoms with Gasteiger partial charge < -0.3 is 15.6 Å². The number of hydrogen-bond acceptors (Lipinski definition) is 3. The summed E-state index contributed by atoms with van der Waals surface area (Å²) in [7, 11) is 0. The van der Waals surface area contributed by atoms with Crippen LogP contribution in [0.2, 0.25) is 0 Å². The van der Waals surface area contributed by atoms with Crippen LogP contribution in [0, 0.1) is 11.3 Å². The standard InChI is InChI=1S/C14H21NO3/c1-11(2)14(10-15,13(16)17)8-9-18-12-6-4-3-5-7-12/h3-7,11H,8-10,15H2,1-2H3,(H,16,17). The van der Waals surface area contributed by atoms with Gasteiger partial charge in [0.25, 0.3) is 0 Å². The van der Waals surface area contributed by atoms with Crippen LogP contribution in [0.1, 0.15) is 20.3 Å². The first kappa shape index (κ1) is 14.5. The van der Waals surface area contributed by atoms with E-state index in [2.05, 4.69) is 0 Å². The van der Waals surface area contributed by atoms with E-state index >= 15 is 0 Å². The van der Waals surface area contributed by atoms with E-state index in [9.17, 15) is 9.90 Å². The van der Waals surface area contributed by atoms with Gasteiger partial charge in [0, 0.05) is 6.54 Å². The lowest BCUT2D eigenvalue weighted by Crippen LogP contribution is -2.44. The highest BCUT2D eigenvalue weighted by Gasteiger charge is 2.40. The topological polar surface area (TPSA) is 72.5 Å². The van der Waals surface area contributed by atoms with Crippen molar-refractivity contribution in [1.82, 2.24) is 0 Å². The van der Waals surface area contributed by atoms with Crippen molar-refractivity contribution < 1.29 is 14.6 Å². The molecule has 1 atom stereocenters. The molecule has 1 aromatic rings. The van der Waals surface area contributed by atoms with Gasteiger partial charge in [-0.1, -0.05) is 32.0 Å². The summed E-state index contributed by atoms with van der Waals surface area (Å²) >= 11 is 0. The second-order valence-electron chi connectivity index (χ2n) is 4.73. The zero-order chi connectivity index (χ0) is 13.6. The molecule has 0 radical (unpaired) electrons. The summed E-state index contributed by atoms with van der Waals surface area (Å²) in [4.78, 5) is 11.4. The quantitative estimate of drug-likeness (QED) is 0.778. The Balaban J connectivity index is 2.61. The lowest BCUT2D eigenvalue weighted by molar-refractivity contribution is -0.152. The molecule has 1 unspecified atom stereocenters. The summed E-state index contributed by atoms with van der Waals surface area (Å²) in [5, 5.41) is 9.36. The normalized spacial score (nSPS) is 14.2. The smallest absolute Gasteiger partial charge is 0.311 e. The number of ether oxygens (including phenoxy) is 1. The highest BCUT2D eigenvalue weighted by atomic mass is 16.5. The number of nitrogens with two attached hydrogens (primary N) is 1. The summed E-state index contributed by atoms with van der Waals surface area (Å²) in [6.07, 6.45) is 0.408. The largest absolute Gasteiger partial charge is 0.494 e. The third kappa shape index (κ3) is 3.23. The molecule has 0 aliphatic carbocycles. The first-order valence-electron chi connectivity index (χ1n) is 6.14. The van der Waals surface area contributed by atoms with Crippen LogP contribution >= 0.6 is 0 Å². The third-order valence-corrected chi connectivity index (χ3v) is 3.46. The number of carbonyl (C=O) groups is 1. The Kier molecular flexibility index (Phi) is 5.16. The van der Waals surface area contributed by atoms with Crippen LogP contribution in [0.15, 0.2) is 30.3 Å². The maximum Gasteiger partial charge on any atom is 0.311 e. The Morgan fingerprint density at radius 3 is 2.44 bits per heavy atom. The van der Waals surface area contributed by atoms with Crippen molar-refractivity contribution in [2.24, 2.45) is 17.1 Å². The van der Waals surface area contributed by atoms with Gasteiger partial charge in [0.05, 0.1) is 12.0 Å². The minimum absolute atomic E-state index is 0.0284. The first-order chi connectivity index (χ1) is 8.53. The number of aliphatic carboxylic acids is 1. The number of carboxylic acids is 1. The van der Waals surface area contributed by atoms with Gasteiger partial charge in [0.1, 0.15) is 5.75 Å². The van der Waals surface area contributed by atoms with E-state index in [-0.39, 0.29) is 12.5 Å². The molecule has 1 rings (SSSR count). The summed E-state index contributed by atoms with van der Waals surface area (Å²) in [5.74, 6) is -0.131. The molecule has 1 aromatic carbocycles. The lowest BCUT2D eigenvalue weighted by Gasteiger charge is -2.31. The molecule has 18 heavy (non-hydrogen) atoms. The molecular formula is C14H21NO3. The Labute approximate surface area is 108 Å². The van der Waals surface area contributed by atoms with Crippen LogP contribution in [-0.2, 0) is 4.79 Å². The Morgan fingerprint density at radius 1 is 1.39 bits per heavy atom. The van der Waals surface area contributed by atoms with Crippen molar-refractivity contribution in [3.63, 3.8) is 0 Å². The first-order valence-corrected chi connectivity index (χ1v) is 6.14. The molecule has 0 amide bonds. The van der Waals surface area contributed by atoms with Gasteiger partial charge in [-0.15, -0.1) is 0 Å². The predicted molar refractivity (Wildman–Crippen MR) is 70.5 cm³/mol. The average molecular weight is 251 g/mol. The molecule has 0 aromatic heterocycles. The van der Waals surface area contributed by atoms with E-state index < -0.39 is 11.4 Å². The average Bonchev–Trinajstić information content (AvgIpc) is 2.35. The van der Waals surface area contributed by atoms with E-state index in [1.807, 2.05) is 44.2 Å². The summed E-state index contributed by atoms with van der Waals surface area (Å²) in [6.45, 7) is 4.23. The summed E-state index contributed by atoms with van der Waals surface area (Å²) < 4.78 is 5.54. The van der Waals surface area contributed by atoms with Gasteiger partial charge in [-0.3, -0.25) is 4.79 Å². The van der Waals surface area contributed by atoms with Gasteiger partial charge in [0.15, 0.2) is 0 Å². The molecule has 0 bridgehead atoms. The van der Waals surface area contributed by atoms with Gasteiger partial charge in [-0.05, 0) is 24.5 Å². The number of para-hydroxylation sites is 1. The third-order valence-electron chi connectivity index (χ3n) is 3.46. The van der Waals surface area contributed by atoms with E-state index in [0.29, 0.717) is 13.0 Å². The van der Waals surface area contributed by atoms with Crippen molar-refractivity contribution in [2.45, 2.75) is 20.3 Å². The Hall–Kier alpha value is -1.55. The van der Waals surface area contributed by atoms with Crippen LogP contribution < -0.4 is 10.5 Å². The van der Waals surface area contributed by atoms with Crippen LogP contribution in [-0.4, -0.2) is 24.2 Å². The molecule has 0 saturated carbocycles. The molecule has 0 saturated heterocycles. The zero-order valence-electron chi connectivity index (χ0n) is 10.9. The molecular weight excluding hydrogens is 230 g/mol. The van der Waals surface area contributed by atoms with E-state index in [1.54, 1.807) is 0 Å². The van der Waals surface area contributed by atoms with Crippen molar-refractivity contribution in [2.75, 3.05) is 13.2 Å². The second kappa shape index (κ2) is 6.40. The van der Waals surface area contributed by atoms with Crippen LogP contribution in [0.3, 0.4) is 0 Å². The number of benzene rings is 1. The highest BCUT2D eigenvalue weighted by Crippen LogP contribution is 2.31. The van der Waals surface area contributed by atoms with Crippen molar-refractivity contribution >= 4 is 5.97 Å². The second-order valence-corrected chi connectivity index (χ2v) is 4.73. The fourth-order valence-electron chi connectivity index (χ4n) is 1.94. The zero-order valence-corrected chi connectivity index (χ0v) is 10.9. The van der Waals surface area contributed by atoms with E-state index in [0.717, 1.165) is 5.75 Å². The molecule has 0 heterocycles. The number of hydrogen-bond donors (Lipinski definition) is 2. The molecule has 100 valence electrons. The molecule has 0 spiro atoms. The maximum absolute atomic E-state index is 11.4. The van der Waals surface area contributed by atoms with Crippen LogP contribution in [0.4, 0.5) is 0 Å². The predicted octanol–water partition coefficient (Wildman–Crippen LogP) is 2.14. The van der Waals surface area contributed by atoms with Crippen molar-refractivity contribution in [3.8, 4) is 5.75 Å².